The Hall–Kier alpha value is -3.06. The van der Waals surface area contributed by atoms with Crippen molar-refractivity contribution in [1.82, 2.24) is 4.98 Å². The lowest BCUT2D eigenvalue weighted by atomic mass is 10.2. The lowest BCUT2D eigenvalue weighted by Crippen LogP contribution is -2.14. The molecule has 0 aliphatic rings. The molecule has 0 unspecified atom stereocenters. The number of fused-ring (bicyclic) bond motifs is 1. The van der Waals surface area contributed by atoms with Crippen molar-refractivity contribution < 1.29 is 14.4 Å². The van der Waals surface area contributed by atoms with Crippen LogP contribution in [-0.2, 0) is 9.59 Å². The first kappa shape index (κ1) is 16.8. The maximum atomic E-state index is 12.3. The van der Waals surface area contributed by atoms with E-state index < -0.39 is 5.91 Å². The Labute approximate surface area is 147 Å². The number of Topliss-reactive ketones (excluding diaryl/α,β-unsaturated/α-hetero) is 1. The molecule has 0 saturated heterocycles. The Morgan fingerprint density at radius 1 is 1.00 bits per heavy atom. The maximum absolute atomic E-state index is 12.3. The topological polar surface area (TPSA) is 88.2 Å². The van der Waals surface area contributed by atoms with Gasteiger partial charge in [-0.1, -0.05) is 35.6 Å². The van der Waals surface area contributed by atoms with Crippen LogP contribution in [0.1, 0.15) is 23.7 Å². The van der Waals surface area contributed by atoms with Crippen LogP contribution in [0.3, 0.4) is 0 Å². The predicted octanol–water partition coefficient (Wildman–Crippen LogP) is 3.47. The number of nitrogens with one attached hydrogen (secondary N) is 2. The summed E-state index contributed by atoms with van der Waals surface area (Å²) in [4.78, 5) is 39.4. The van der Waals surface area contributed by atoms with E-state index in [-0.39, 0.29) is 18.1 Å². The number of para-hydroxylation sites is 1. The number of aromatic nitrogens is 1. The number of thiazole rings is 1. The molecule has 0 saturated carbocycles. The summed E-state index contributed by atoms with van der Waals surface area (Å²) in [6, 6.07) is 14.3. The summed E-state index contributed by atoms with van der Waals surface area (Å²) >= 11 is 1.28. The van der Waals surface area contributed by atoms with Crippen LogP contribution in [0.2, 0.25) is 0 Å². The van der Waals surface area contributed by atoms with Crippen LogP contribution >= 0.6 is 11.3 Å². The van der Waals surface area contributed by atoms with Gasteiger partial charge in [0.05, 0.1) is 16.8 Å². The van der Waals surface area contributed by atoms with E-state index in [1.165, 1.54) is 18.3 Å². The highest BCUT2D eigenvalue weighted by Gasteiger charge is 2.13. The van der Waals surface area contributed by atoms with Gasteiger partial charge in [-0.2, -0.15) is 0 Å². The highest BCUT2D eigenvalue weighted by molar-refractivity contribution is 7.22. The predicted molar refractivity (Wildman–Crippen MR) is 97.9 cm³/mol. The third-order valence-corrected chi connectivity index (χ3v) is 4.30. The summed E-state index contributed by atoms with van der Waals surface area (Å²) in [5.41, 5.74) is 1.70. The number of rotatable bonds is 5. The average Bonchev–Trinajstić information content (AvgIpc) is 2.98. The second kappa shape index (κ2) is 7.23. The van der Waals surface area contributed by atoms with Gasteiger partial charge in [-0.3, -0.25) is 14.4 Å². The zero-order valence-corrected chi connectivity index (χ0v) is 14.2. The Balaban J connectivity index is 1.83. The number of benzene rings is 2. The van der Waals surface area contributed by atoms with Gasteiger partial charge in [0.1, 0.15) is 11.3 Å². The molecular formula is C18H15N3O3S. The first-order chi connectivity index (χ1) is 12.0. The second-order valence-electron chi connectivity index (χ2n) is 5.42. The molecule has 0 radical (unpaired) electrons. The van der Waals surface area contributed by atoms with E-state index in [0.717, 1.165) is 4.70 Å². The average molecular weight is 353 g/mol. The fraction of sp³-hybridized carbons (Fsp3) is 0.111. The van der Waals surface area contributed by atoms with E-state index >= 15 is 0 Å². The van der Waals surface area contributed by atoms with Gasteiger partial charge in [-0.15, -0.1) is 0 Å². The number of carbonyl (C=O) groups excluding carboxylic acids is 3. The summed E-state index contributed by atoms with van der Waals surface area (Å²) in [5.74, 6) is -0.848. The van der Waals surface area contributed by atoms with Crippen LogP contribution in [-0.4, -0.2) is 22.6 Å². The van der Waals surface area contributed by atoms with Gasteiger partial charge >= 0.3 is 0 Å². The van der Waals surface area contributed by atoms with Crippen molar-refractivity contribution in [3.63, 3.8) is 0 Å². The molecule has 1 heterocycles. The Bertz CT molecular complexity index is 951. The summed E-state index contributed by atoms with van der Waals surface area (Å²) in [6.07, 6.45) is -0.187. The quantitative estimate of drug-likeness (QED) is 0.688. The molecular weight excluding hydrogens is 338 g/mol. The Morgan fingerprint density at radius 3 is 2.48 bits per heavy atom. The molecule has 3 rings (SSSR count). The highest BCUT2D eigenvalue weighted by atomic mass is 32.1. The van der Waals surface area contributed by atoms with Gasteiger partial charge < -0.3 is 10.6 Å². The zero-order chi connectivity index (χ0) is 17.8. The third kappa shape index (κ3) is 4.07. The van der Waals surface area contributed by atoms with E-state index in [2.05, 4.69) is 15.6 Å². The van der Waals surface area contributed by atoms with Gasteiger partial charge in [-0.25, -0.2) is 4.98 Å². The lowest BCUT2D eigenvalue weighted by molar-refractivity contribution is -0.124. The molecule has 0 atom stereocenters. The van der Waals surface area contributed by atoms with Crippen molar-refractivity contribution in [2.24, 2.45) is 0 Å². The van der Waals surface area contributed by atoms with Crippen molar-refractivity contribution in [2.75, 3.05) is 10.6 Å². The number of carbonyl (C=O) groups is 3. The maximum Gasteiger partial charge on any atom is 0.255 e. The van der Waals surface area contributed by atoms with E-state index in [1.807, 2.05) is 18.2 Å². The molecule has 0 bridgehead atoms. The normalized spacial score (nSPS) is 10.4. The van der Waals surface area contributed by atoms with Crippen LogP contribution < -0.4 is 10.6 Å². The Morgan fingerprint density at radius 2 is 1.76 bits per heavy atom. The summed E-state index contributed by atoms with van der Waals surface area (Å²) in [6.45, 7) is 1.36. The minimum atomic E-state index is -0.401. The molecule has 1 aromatic heterocycles. The second-order valence-corrected chi connectivity index (χ2v) is 6.45. The zero-order valence-electron chi connectivity index (χ0n) is 13.4. The van der Waals surface area contributed by atoms with Gasteiger partial charge in [-0.05, 0) is 31.2 Å². The number of anilines is 2. The largest absolute Gasteiger partial charge is 0.320 e. The van der Waals surface area contributed by atoms with Crippen LogP contribution in [0.4, 0.5) is 10.8 Å². The molecule has 3 aromatic rings. The van der Waals surface area contributed by atoms with Crippen molar-refractivity contribution in [3.05, 3.63) is 54.1 Å². The molecule has 2 N–H and O–H groups in total. The van der Waals surface area contributed by atoms with Gasteiger partial charge in [0.15, 0.2) is 5.13 Å². The number of hydrogen-bond acceptors (Lipinski definition) is 5. The number of ketones is 1. The van der Waals surface area contributed by atoms with Gasteiger partial charge in [0.25, 0.3) is 5.91 Å². The number of hydrogen-bond donors (Lipinski definition) is 2. The smallest absolute Gasteiger partial charge is 0.255 e. The molecule has 25 heavy (non-hydrogen) atoms. The van der Waals surface area contributed by atoms with Crippen molar-refractivity contribution in [2.45, 2.75) is 13.3 Å². The summed E-state index contributed by atoms with van der Waals surface area (Å²) in [5, 5.41) is 5.84. The molecule has 0 aliphatic heterocycles. The van der Waals surface area contributed by atoms with E-state index in [4.69, 9.17) is 0 Å². The van der Waals surface area contributed by atoms with E-state index in [1.54, 1.807) is 30.3 Å². The third-order valence-electron chi connectivity index (χ3n) is 3.36. The molecule has 2 aromatic carbocycles. The molecule has 2 amide bonds. The monoisotopic (exact) mass is 353 g/mol. The van der Waals surface area contributed by atoms with E-state index in [0.29, 0.717) is 21.9 Å². The minimum Gasteiger partial charge on any atom is -0.320 e. The lowest BCUT2D eigenvalue weighted by Gasteiger charge is -2.05. The Kier molecular flexibility index (Phi) is 4.85. The molecule has 0 spiro atoms. The first-order valence-corrected chi connectivity index (χ1v) is 8.40. The van der Waals surface area contributed by atoms with Crippen LogP contribution in [0.25, 0.3) is 10.2 Å². The molecule has 0 fully saturated rings. The van der Waals surface area contributed by atoms with Crippen LogP contribution in [0.5, 0.6) is 0 Å². The highest BCUT2D eigenvalue weighted by Crippen LogP contribution is 2.31. The molecule has 126 valence electrons. The molecule has 7 heteroatoms. The van der Waals surface area contributed by atoms with E-state index in [9.17, 15) is 14.4 Å². The van der Waals surface area contributed by atoms with Crippen molar-refractivity contribution >= 4 is 50.0 Å². The molecule has 6 nitrogen and oxygen atoms in total. The van der Waals surface area contributed by atoms with Crippen molar-refractivity contribution in [1.29, 1.82) is 0 Å². The summed E-state index contributed by atoms with van der Waals surface area (Å²) < 4.78 is 0.823. The van der Waals surface area contributed by atoms with Crippen LogP contribution in [0.15, 0.2) is 48.5 Å². The van der Waals surface area contributed by atoms with Crippen molar-refractivity contribution in [3.8, 4) is 0 Å². The SMILES string of the molecule is CC(=O)CC(=O)Nc1nc2c(NC(=O)c3ccccc3)cccc2s1. The first-order valence-electron chi connectivity index (χ1n) is 7.58. The van der Waals surface area contributed by atoms with Gasteiger partial charge in [0, 0.05) is 5.56 Å². The number of amides is 2. The fourth-order valence-corrected chi connectivity index (χ4v) is 3.19. The fourth-order valence-electron chi connectivity index (χ4n) is 2.28. The van der Waals surface area contributed by atoms with Crippen LogP contribution in [0, 0.1) is 0 Å². The standard InChI is InChI=1S/C18H15N3O3S/c1-11(22)10-15(23)20-18-21-16-13(8-5-9-14(16)25-18)19-17(24)12-6-3-2-4-7-12/h2-9H,10H2,1H3,(H,19,24)(H,20,21,23). The molecule has 0 aliphatic carbocycles. The van der Waals surface area contributed by atoms with Gasteiger partial charge in [0.2, 0.25) is 5.91 Å². The number of nitrogens with zero attached hydrogens (tertiary/aromatic N) is 1. The summed E-state index contributed by atoms with van der Waals surface area (Å²) in [7, 11) is 0. The minimum absolute atomic E-state index is 0.187.